The molecule has 3 heterocycles. The van der Waals surface area contributed by atoms with E-state index in [-0.39, 0.29) is 24.6 Å². The highest BCUT2D eigenvalue weighted by Gasteiger charge is 2.33. The summed E-state index contributed by atoms with van der Waals surface area (Å²) in [5, 5.41) is 19.8. The number of rotatable bonds is 7. The lowest BCUT2D eigenvalue weighted by Gasteiger charge is -2.38. The molecule has 2 atom stereocenters. The second-order valence-corrected chi connectivity index (χ2v) is 8.34. The summed E-state index contributed by atoms with van der Waals surface area (Å²) < 4.78 is 10.3. The second kappa shape index (κ2) is 10.7. The third kappa shape index (κ3) is 6.01. The summed E-state index contributed by atoms with van der Waals surface area (Å²) in [5.74, 6) is 1.08. The van der Waals surface area contributed by atoms with E-state index >= 15 is 0 Å². The van der Waals surface area contributed by atoms with Crippen LogP contribution >= 0.6 is 11.6 Å². The molecule has 0 spiro atoms. The van der Waals surface area contributed by atoms with E-state index in [4.69, 9.17) is 20.9 Å². The van der Waals surface area contributed by atoms with Crippen molar-refractivity contribution in [1.29, 1.82) is 0 Å². The number of carbonyl (C=O) groups excluding carboxylic acids is 1. The van der Waals surface area contributed by atoms with E-state index in [0.29, 0.717) is 35.3 Å². The number of ether oxygens (including phenoxy) is 1. The van der Waals surface area contributed by atoms with Crippen molar-refractivity contribution in [3.63, 3.8) is 0 Å². The van der Waals surface area contributed by atoms with Crippen LogP contribution in [0.25, 0.3) is 0 Å². The molecule has 9 nitrogen and oxygen atoms in total. The number of pyridine rings is 1. The fourth-order valence-corrected chi connectivity index (χ4v) is 4.10. The molecule has 0 saturated carbocycles. The minimum Gasteiger partial charge on any atom is -0.495 e. The Hall–Kier alpha value is -3.14. The lowest BCUT2D eigenvalue weighted by Crippen LogP contribution is -2.50. The molecule has 174 valence electrons. The monoisotopic (exact) mass is 471 g/mol. The Morgan fingerprint density at radius 2 is 2.12 bits per heavy atom. The van der Waals surface area contributed by atoms with Crippen molar-refractivity contribution in [2.75, 3.05) is 25.5 Å². The van der Waals surface area contributed by atoms with Gasteiger partial charge in [0.25, 0.3) is 0 Å². The minimum absolute atomic E-state index is 0.0372. The molecule has 0 bridgehead atoms. The lowest BCUT2D eigenvalue weighted by atomic mass is 9.88. The first-order valence-corrected chi connectivity index (χ1v) is 11.0. The standard InChI is InChI=1S/C23H26ClN5O4/c1-32-18-6-7-21(25-11-18)20-13-29(12-17-10-19(14-30)33-28-17)9-8-22(20)27-23(31)26-16-4-2-15(24)3-5-16/h2-7,10-11,20,22,30H,8-9,12-14H2,1H3,(H2,26,27,31). The van der Waals surface area contributed by atoms with Crippen molar-refractivity contribution in [1.82, 2.24) is 20.4 Å². The van der Waals surface area contributed by atoms with Crippen molar-refractivity contribution in [2.45, 2.75) is 31.5 Å². The zero-order valence-electron chi connectivity index (χ0n) is 18.2. The van der Waals surface area contributed by atoms with Crippen LogP contribution in [0.3, 0.4) is 0 Å². The minimum atomic E-state index is -0.279. The fourth-order valence-electron chi connectivity index (χ4n) is 3.97. The maximum Gasteiger partial charge on any atom is 0.319 e. The van der Waals surface area contributed by atoms with Crippen molar-refractivity contribution in [2.24, 2.45) is 0 Å². The summed E-state index contributed by atoms with van der Waals surface area (Å²) in [6.45, 7) is 1.84. The number of hydrogen-bond donors (Lipinski definition) is 3. The lowest BCUT2D eigenvalue weighted by molar-refractivity contribution is 0.163. The maximum atomic E-state index is 12.7. The first-order chi connectivity index (χ1) is 16.0. The van der Waals surface area contributed by atoms with Crippen LogP contribution in [0.2, 0.25) is 5.02 Å². The predicted molar refractivity (Wildman–Crippen MR) is 123 cm³/mol. The van der Waals surface area contributed by atoms with E-state index in [9.17, 15) is 9.90 Å². The number of anilines is 1. The third-order valence-corrected chi connectivity index (χ3v) is 5.89. The van der Waals surface area contributed by atoms with Gasteiger partial charge in [-0.15, -0.1) is 0 Å². The second-order valence-electron chi connectivity index (χ2n) is 7.91. The van der Waals surface area contributed by atoms with Gasteiger partial charge in [0.1, 0.15) is 12.4 Å². The number of likely N-dealkylation sites (tertiary alicyclic amines) is 1. The highest BCUT2D eigenvalue weighted by molar-refractivity contribution is 6.30. The van der Waals surface area contributed by atoms with Gasteiger partial charge in [0, 0.05) is 54.1 Å². The third-order valence-electron chi connectivity index (χ3n) is 5.64. The van der Waals surface area contributed by atoms with Gasteiger partial charge in [-0.3, -0.25) is 9.88 Å². The van der Waals surface area contributed by atoms with Gasteiger partial charge in [0.2, 0.25) is 0 Å². The van der Waals surface area contributed by atoms with Gasteiger partial charge in [-0.25, -0.2) is 4.79 Å². The summed E-state index contributed by atoms with van der Waals surface area (Å²) in [7, 11) is 1.60. The SMILES string of the molecule is COc1ccc(C2CN(Cc3cc(CO)on3)CCC2NC(=O)Nc2ccc(Cl)cc2)nc1. The van der Waals surface area contributed by atoms with E-state index in [0.717, 1.165) is 24.4 Å². The van der Waals surface area contributed by atoms with E-state index in [1.807, 2.05) is 12.1 Å². The average Bonchev–Trinajstić information content (AvgIpc) is 3.29. The van der Waals surface area contributed by atoms with Crippen LogP contribution < -0.4 is 15.4 Å². The summed E-state index contributed by atoms with van der Waals surface area (Å²) in [6.07, 6.45) is 2.42. The number of aliphatic hydroxyl groups is 1. The molecule has 0 radical (unpaired) electrons. The Kier molecular flexibility index (Phi) is 7.43. The molecule has 10 heteroatoms. The molecule has 1 aromatic carbocycles. The van der Waals surface area contributed by atoms with Crippen molar-refractivity contribution < 1.29 is 19.2 Å². The number of carbonyl (C=O) groups is 1. The van der Waals surface area contributed by atoms with E-state index in [1.54, 1.807) is 43.6 Å². The zero-order chi connectivity index (χ0) is 23.2. The van der Waals surface area contributed by atoms with Crippen LogP contribution in [0.15, 0.2) is 53.2 Å². The topological polar surface area (TPSA) is 113 Å². The molecule has 2 amide bonds. The largest absolute Gasteiger partial charge is 0.495 e. The molecular weight excluding hydrogens is 446 g/mol. The average molecular weight is 472 g/mol. The molecule has 4 rings (SSSR count). The molecule has 3 N–H and O–H groups in total. The Morgan fingerprint density at radius 1 is 1.30 bits per heavy atom. The Balaban J connectivity index is 1.46. The first kappa shape index (κ1) is 23.0. The van der Waals surface area contributed by atoms with Crippen molar-refractivity contribution in [3.8, 4) is 5.75 Å². The van der Waals surface area contributed by atoms with Gasteiger partial charge < -0.3 is 25.0 Å². The Bertz CT molecular complexity index is 1060. The summed E-state index contributed by atoms with van der Waals surface area (Å²) in [5.41, 5.74) is 2.29. The number of nitrogens with zero attached hydrogens (tertiary/aromatic N) is 3. The number of nitrogens with one attached hydrogen (secondary N) is 2. The normalized spacial score (nSPS) is 18.6. The number of benzene rings is 1. The molecule has 2 aromatic heterocycles. The fraction of sp³-hybridized carbons (Fsp3) is 0.348. The number of hydrogen-bond acceptors (Lipinski definition) is 7. The quantitative estimate of drug-likeness (QED) is 0.484. The molecule has 1 fully saturated rings. The highest BCUT2D eigenvalue weighted by Crippen LogP contribution is 2.28. The number of aliphatic hydroxyl groups excluding tert-OH is 1. The van der Waals surface area contributed by atoms with Gasteiger partial charge >= 0.3 is 6.03 Å². The Labute approximate surface area is 196 Å². The molecule has 3 aromatic rings. The number of aromatic nitrogens is 2. The molecule has 0 aliphatic carbocycles. The summed E-state index contributed by atoms with van der Waals surface area (Å²) in [6, 6.07) is 12.1. The van der Waals surface area contributed by atoms with Crippen LogP contribution in [0, 0.1) is 0 Å². The first-order valence-electron chi connectivity index (χ1n) is 10.6. The van der Waals surface area contributed by atoms with Crippen molar-refractivity contribution in [3.05, 3.63) is 70.8 Å². The molecule has 2 unspecified atom stereocenters. The maximum absolute atomic E-state index is 12.7. The number of urea groups is 1. The number of piperidine rings is 1. The van der Waals surface area contributed by atoms with Crippen LogP contribution in [-0.2, 0) is 13.2 Å². The van der Waals surface area contributed by atoms with Crippen LogP contribution in [0.4, 0.5) is 10.5 Å². The number of methoxy groups -OCH3 is 1. The van der Waals surface area contributed by atoms with Gasteiger partial charge in [0.15, 0.2) is 5.76 Å². The Morgan fingerprint density at radius 3 is 2.79 bits per heavy atom. The molecule has 1 aliphatic heterocycles. The molecule has 1 aliphatic rings. The molecule has 1 saturated heterocycles. The van der Waals surface area contributed by atoms with Gasteiger partial charge in [0.05, 0.1) is 19.0 Å². The predicted octanol–water partition coefficient (Wildman–Crippen LogP) is 3.40. The number of halogens is 1. The molecule has 33 heavy (non-hydrogen) atoms. The zero-order valence-corrected chi connectivity index (χ0v) is 19.0. The van der Waals surface area contributed by atoms with E-state index in [1.165, 1.54) is 0 Å². The summed E-state index contributed by atoms with van der Waals surface area (Å²) >= 11 is 5.92. The van der Waals surface area contributed by atoms with Gasteiger partial charge in [-0.05, 0) is 42.8 Å². The van der Waals surface area contributed by atoms with Crippen molar-refractivity contribution >= 4 is 23.3 Å². The number of amides is 2. The van der Waals surface area contributed by atoms with Crippen LogP contribution in [0.1, 0.15) is 29.5 Å². The molecular formula is C23H26ClN5O4. The van der Waals surface area contributed by atoms with E-state index in [2.05, 4.69) is 25.7 Å². The van der Waals surface area contributed by atoms with Crippen LogP contribution in [-0.4, -0.2) is 52.4 Å². The highest BCUT2D eigenvalue weighted by atomic mass is 35.5. The van der Waals surface area contributed by atoms with Gasteiger partial charge in [-0.1, -0.05) is 16.8 Å². The van der Waals surface area contributed by atoms with E-state index < -0.39 is 0 Å². The van der Waals surface area contributed by atoms with Gasteiger partial charge in [-0.2, -0.15) is 0 Å². The summed E-state index contributed by atoms with van der Waals surface area (Å²) in [4.78, 5) is 19.5. The smallest absolute Gasteiger partial charge is 0.319 e. The van der Waals surface area contributed by atoms with Crippen LogP contribution in [0.5, 0.6) is 5.75 Å².